The number of rotatable bonds is 5. The number of carbonyl (C=O) groups is 2. The van der Waals surface area contributed by atoms with Crippen LogP contribution in [0.5, 0.6) is 0 Å². The molecule has 1 aromatic carbocycles. The minimum absolute atomic E-state index is 0.218. The van der Waals surface area contributed by atoms with Crippen LogP contribution < -0.4 is 4.90 Å². The van der Waals surface area contributed by atoms with Crippen LogP contribution in [0.15, 0.2) is 24.3 Å². The highest BCUT2D eigenvalue weighted by Crippen LogP contribution is 2.18. The van der Waals surface area contributed by atoms with Crippen molar-refractivity contribution in [3.05, 3.63) is 29.8 Å². The van der Waals surface area contributed by atoms with E-state index in [-0.39, 0.29) is 11.8 Å². The molecule has 1 aromatic rings. The van der Waals surface area contributed by atoms with Gasteiger partial charge in [0, 0.05) is 58.0 Å². The molecule has 0 aromatic heterocycles. The van der Waals surface area contributed by atoms with E-state index in [4.69, 9.17) is 0 Å². The number of nitrogens with zero attached hydrogens (tertiary/aromatic N) is 5. The highest BCUT2D eigenvalue weighted by atomic mass is 16.2. The molecule has 4 rings (SSSR count). The van der Waals surface area contributed by atoms with Gasteiger partial charge in [-0.05, 0) is 50.6 Å². The Kier molecular flexibility index (Phi) is 6.89. The van der Waals surface area contributed by atoms with Gasteiger partial charge in [0.2, 0.25) is 11.8 Å². The van der Waals surface area contributed by atoms with Crippen LogP contribution in [0.4, 0.5) is 5.69 Å². The Labute approximate surface area is 180 Å². The molecule has 0 unspecified atom stereocenters. The second-order valence-corrected chi connectivity index (χ2v) is 8.85. The van der Waals surface area contributed by atoms with Crippen LogP contribution in [0.25, 0.3) is 0 Å². The van der Waals surface area contributed by atoms with Crippen LogP contribution in [0.2, 0.25) is 0 Å². The van der Waals surface area contributed by atoms with Gasteiger partial charge in [-0.2, -0.15) is 0 Å². The lowest BCUT2D eigenvalue weighted by Crippen LogP contribution is -2.55. The summed E-state index contributed by atoms with van der Waals surface area (Å²) in [6.45, 7) is 11.6. The van der Waals surface area contributed by atoms with Crippen molar-refractivity contribution in [1.82, 2.24) is 19.6 Å². The Morgan fingerprint density at radius 1 is 0.733 bits per heavy atom. The van der Waals surface area contributed by atoms with Crippen LogP contribution in [0.1, 0.15) is 18.4 Å². The Morgan fingerprint density at radius 3 is 1.83 bits per heavy atom. The molecule has 164 valence electrons. The van der Waals surface area contributed by atoms with E-state index in [1.54, 1.807) is 0 Å². The lowest BCUT2D eigenvalue weighted by atomic mass is 10.2. The number of carbonyl (C=O) groups excluding carboxylic acids is 2. The van der Waals surface area contributed by atoms with Gasteiger partial charge in [-0.1, -0.05) is 12.1 Å². The van der Waals surface area contributed by atoms with E-state index in [1.165, 1.54) is 24.1 Å². The summed E-state index contributed by atoms with van der Waals surface area (Å²) in [7, 11) is 0. The summed E-state index contributed by atoms with van der Waals surface area (Å²) in [6, 6.07) is 8.57. The number of hydrogen-bond acceptors (Lipinski definition) is 5. The van der Waals surface area contributed by atoms with Crippen molar-refractivity contribution in [2.75, 3.05) is 83.4 Å². The lowest BCUT2D eigenvalue weighted by Gasteiger charge is -2.39. The predicted molar refractivity (Wildman–Crippen MR) is 119 cm³/mol. The molecule has 0 bridgehead atoms. The van der Waals surface area contributed by atoms with Crippen molar-refractivity contribution in [2.45, 2.75) is 19.8 Å². The fourth-order valence-corrected chi connectivity index (χ4v) is 4.72. The topological polar surface area (TPSA) is 50.3 Å². The number of likely N-dealkylation sites (tertiary alicyclic amines) is 1. The number of aryl methyl sites for hydroxylation is 1. The van der Waals surface area contributed by atoms with Gasteiger partial charge in [0.25, 0.3) is 0 Å². The molecule has 2 amide bonds. The minimum Gasteiger partial charge on any atom is -0.368 e. The Hall–Kier alpha value is -2.12. The third-order valence-electron chi connectivity index (χ3n) is 6.64. The van der Waals surface area contributed by atoms with Crippen molar-refractivity contribution < 1.29 is 9.59 Å². The number of hydrogen-bond donors (Lipinski definition) is 0. The maximum absolute atomic E-state index is 12.8. The van der Waals surface area contributed by atoms with Crippen molar-refractivity contribution in [3.63, 3.8) is 0 Å². The van der Waals surface area contributed by atoms with Gasteiger partial charge < -0.3 is 14.7 Å². The van der Waals surface area contributed by atoms with Gasteiger partial charge in [0.15, 0.2) is 0 Å². The maximum Gasteiger partial charge on any atom is 0.236 e. The Balaban J connectivity index is 1.18. The first-order valence-corrected chi connectivity index (χ1v) is 11.4. The van der Waals surface area contributed by atoms with Crippen molar-refractivity contribution >= 4 is 17.5 Å². The van der Waals surface area contributed by atoms with Gasteiger partial charge >= 0.3 is 0 Å². The minimum atomic E-state index is 0.218. The monoisotopic (exact) mass is 413 g/mol. The van der Waals surface area contributed by atoms with Crippen LogP contribution in [-0.2, 0) is 9.59 Å². The first-order valence-electron chi connectivity index (χ1n) is 11.4. The molecule has 0 radical (unpaired) electrons. The average molecular weight is 414 g/mol. The van der Waals surface area contributed by atoms with Crippen LogP contribution in [0, 0.1) is 6.92 Å². The van der Waals surface area contributed by atoms with E-state index >= 15 is 0 Å². The zero-order chi connectivity index (χ0) is 20.9. The molecule has 7 heteroatoms. The number of benzene rings is 1. The van der Waals surface area contributed by atoms with E-state index < -0.39 is 0 Å². The molecule has 0 atom stereocenters. The van der Waals surface area contributed by atoms with Crippen molar-refractivity contribution in [2.24, 2.45) is 0 Å². The molecule has 3 aliphatic heterocycles. The summed E-state index contributed by atoms with van der Waals surface area (Å²) in [5.41, 5.74) is 2.51. The zero-order valence-corrected chi connectivity index (χ0v) is 18.3. The molecule has 3 heterocycles. The molecule has 0 spiro atoms. The molecule has 3 aliphatic rings. The summed E-state index contributed by atoms with van der Waals surface area (Å²) < 4.78 is 0. The third kappa shape index (κ3) is 5.32. The Morgan fingerprint density at radius 2 is 1.27 bits per heavy atom. The molecule has 7 nitrogen and oxygen atoms in total. The molecule has 3 saturated heterocycles. The Bertz CT molecular complexity index is 733. The normalized spacial score (nSPS) is 21.3. The van der Waals surface area contributed by atoms with Gasteiger partial charge in [0.1, 0.15) is 0 Å². The average Bonchev–Trinajstić information content (AvgIpc) is 3.27. The molecule has 3 fully saturated rings. The largest absolute Gasteiger partial charge is 0.368 e. The maximum atomic E-state index is 12.8. The molecule has 30 heavy (non-hydrogen) atoms. The van der Waals surface area contributed by atoms with E-state index in [0.29, 0.717) is 13.1 Å². The zero-order valence-electron chi connectivity index (χ0n) is 18.3. The van der Waals surface area contributed by atoms with Crippen molar-refractivity contribution in [3.8, 4) is 0 Å². The van der Waals surface area contributed by atoms with Gasteiger partial charge in [-0.15, -0.1) is 0 Å². The molecule has 0 saturated carbocycles. The van der Waals surface area contributed by atoms with E-state index in [2.05, 4.69) is 45.9 Å². The van der Waals surface area contributed by atoms with E-state index in [0.717, 1.165) is 65.4 Å². The quantitative estimate of drug-likeness (QED) is 0.718. The van der Waals surface area contributed by atoms with Gasteiger partial charge in [0.05, 0.1) is 13.1 Å². The summed E-state index contributed by atoms with van der Waals surface area (Å²) >= 11 is 0. The standard InChI is InChI=1S/C23H35N5O2/c1-20-5-4-6-21(17-20)26-13-15-28(16-14-26)23(30)19-25-9-11-27(12-10-25)22(29)18-24-7-2-3-8-24/h4-6,17H,2-3,7-16,18-19H2,1H3. The first-order chi connectivity index (χ1) is 14.6. The molecular weight excluding hydrogens is 378 g/mol. The summed E-state index contributed by atoms with van der Waals surface area (Å²) in [5, 5.41) is 0. The highest BCUT2D eigenvalue weighted by Gasteiger charge is 2.27. The van der Waals surface area contributed by atoms with Crippen LogP contribution >= 0.6 is 0 Å². The highest BCUT2D eigenvalue weighted by molar-refractivity contribution is 5.79. The summed E-state index contributed by atoms with van der Waals surface area (Å²) in [4.78, 5) is 36.1. The second-order valence-electron chi connectivity index (χ2n) is 8.85. The molecule has 0 aliphatic carbocycles. The SMILES string of the molecule is Cc1cccc(N2CCN(C(=O)CN3CCN(C(=O)CN4CCCC4)CC3)CC2)c1. The van der Waals surface area contributed by atoms with E-state index in [9.17, 15) is 9.59 Å². The number of anilines is 1. The fraction of sp³-hybridized carbons (Fsp3) is 0.652. The summed E-state index contributed by atoms with van der Waals surface area (Å²) in [5.74, 6) is 0.464. The number of amides is 2. The lowest BCUT2D eigenvalue weighted by molar-refractivity contribution is -0.135. The fourth-order valence-electron chi connectivity index (χ4n) is 4.72. The van der Waals surface area contributed by atoms with Gasteiger partial charge in [-0.25, -0.2) is 0 Å². The molecular formula is C23H35N5O2. The van der Waals surface area contributed by atoms with Crippen LogP contribution in [0.3, 0.4) is 0 Å². The predicted octanol–water partition coefficient (Wildman–Crippen LogP) is 0.884. The number of piperazine rings is 2. The smallest absolute Gasteiger partial charge is 0.236 e. The second kappa shape index (κ2) is 9.79. The van der Waals surface area contributed by atoms with Crippen molar-refractivity contribution in [1.29, 1.82) is 0 Å². The van der Waals surface area contributed by atoms with Crippen LogP contribution in [-0.4, -0.2) is 110 Å². The summed E-state index contributed by atoms with van der Waals surface area (Å²) in [6.07, 6.45) is 2.42. The third-order valence-corrected chi connectivity index (χ3v) is 6.64. The van der Waals surface area contributed by atoms with E-state index in [1.807, 2.05) is 9.80 Å². The van der Waals surface area contributed by atoms with Gasteiger partial charge in [-0.3, -0.25) is 19.4 Å². The first kappa shape index (κ1) is 21.1. The molecule has 0 N–H and O–H groups in total.